The molecule has 8 heteroatoms. The molecule has 0 aliphatic carbocycles. The quantitative estimate of drug-likeness (QED) is 0.519. The van der Waals surface area contributed by atoms with Gasteiger partial charge in [0, 0.05) is 5.02 Å². The number of hydrogen-bond acceptors (Lipinski definition) is 4. The Balaban J connectivity index is 1.83. The van der Waals surface area contributed by atoms with Crippen LogP contribution >= 0.6 is 11.6 Å². The van der Waals surface area contributed by atoms with E-state index in [1.165, 1.54) is 10.8 Å². The van der Waals surface area contributed by atoms with Crippen LogP contribution in [0.2, 0.25) is 5.02 Å². The van der Waals surface area contributed by atoms with Gasteiger partial charge in [0.15, 0.2) is 0 Å². The van der Waals surface area contributed by atoms with Gasteiger partial charge in [-0.05, 0) is 55.8 Å². The first-order valence-electron chi connectivity index (χ1n) is 9.67. The largest absolute Gasteiger partial charge is 0.467 e. The van der Waals surface area contributed by atoms with Crippen molar-refractivity contribution in [2.75, 3.05) is 0 Å². The smallest absolute Gasteiger partial charge is 0.336 e. The third-order valence-corrected chi connectivity index (χ3v) is 5.46. The first-order chi connectivity index (χ1) is 14.8. The van der Waals surface area contributed by atoms with E-state index in [1.807, 2.05) is 13.8 Å². The number of nitrogens with one attached hydrogen (secondary N) is 1. The fraction of sp³-hybridized carbons (Fsp3) is 0.174. The average molecular weight is 438 g/mol. The third kappa shape index (κ3) is 4.04. The van der Waals surface area contributed by atoms with Gasteiger partial charge in [-0.3, -0.25) is 14.2 Å². The Morgan fingerprint density at radius 2 is 1.90 bits per heavy atom. The van der Waals surface area contributed by atoms with Crippen LogP contribution in [0.5, 0.6) is 0 Å². The number of aromatic nitrogens is 2. The van der Waals surface area contributed by atoms with Crippen LogP contribution < -0.4 is 16.6 Å². The second kappa shape index (κ2) is 8.28. The number of rotatable bonds is 5. The van der Waals surface area contributed by atoms with Gasteiger partial charge in [-0.15, -0.1) is 0 Å². The van der Waals surface area contributed by atoms with Crippen LogP contribution in [0.15, 0.2) is 68.8 Å². The van der Waals surface area contributed by atoms with Crippen LogP contribution in [-0.4, -0.2) is 15.0 Å². The molecule has 1 amide bonds. The first kappa shape index (κ1) is 20.7. The zero-order valence-corrected chi connectivity index (χ0v) is 17.8. The van der Waals surface area contributed by atoms with Crippen LogP contribution in [0.4, 0.5) is 0 Å². The summed E-state index contributed by atoms with van der Waals surface area (Å²) < 4.78 is 7.56. The maximum atomic E-state index is 13.3. The van der Waals surface area contributed by atoms with Gasteiger partial charge < -0.3 is 9.73 Å². The molecular formula is C23H20ClN3O4. The zero-order chi connectivity index (χ0) is 22.1. The van der Waals surface area contributed by atoms with Crippen molar-refractivity contribution < 1.29 is 9.21 Å². The highest BCUT2D eigenvalue weighted by Gasteiger charge is 2.17. The number of fused-ring (bicyclic) bond motifs is 1. The molecule has 7 nitrogen and oxygen atoms in total. The molecule has 0 bridgehead atoms. The van der Waals surface area contributed by atoms with E-state index in [0.29, 0.717) is 27.4 Å². The average Bonchev–Trinajstić information content (AvgIpc) is 3.26. The predicted octanol–water partition coefficient (Wildman–Crippen LogP) is 3.33. The Hall–Kier alpha value is -3.58. The minimum Gasteiger partial charge on any atom is -0.467 e. The number of aryl methyl sites for hydroxylation is 2. The van der Waals surface area contributed by atoms with E-state index in [-0.39, 0.29) is 19.0 Å². The fourth-order valence-electron chi connectivity index (χ4n) is 3.39. The van der Waals surface area contributed by atoms with E-state index in [2.05, 4.69) is 5.32 Å². The van der Waals surface area contributed by atoms with Gasteiger partial charge in [0.1, 0.15) is 12.3 Å². The van der Waals surface area contributed by atoms with E-state index in [0.717, 1.165) is 15.7 Å². The number of furan rings is 1. The van der Waals surface area contributed by atoms with Crippen molar-refractivity contribution in [1.82, 2.24) is 14.5 Å². The first-order valence-corrected chi connectivity index (χ1v) is 10.0. The standard InChI is InChI=1S/C23H20ClN3O4/c1-14-5-8-20-18(10-14)22(29)27(16-7-6-15(2)19(24)11-16)23(30)26(20)13-21(28)25-12-17-4-3-9-31-17/h3-11H,12-13H2,1-2H3,(H,25,28). The highest BCUT2D eigenvalue weighted by atomic mass is 35.5. The highest BCUT2D eigenvalue weighted by molar-refractivity contribution is 6.31. The van der Waals surface area contributed by atoms with Crippen LogP contribution in [0.3, 0.4) is 0 Å². The van der Waals surface area contributed by atoms with Crippen LogP contribution in [-0.2, 0) is 17.9 Å². The van der Waals surface area contributed by atoms with Gasteiger partial charge in [-0.2, -0.15) is 0 Å². The van der Waals surface area contributed by atoms with Crippen LogP contribution in [0.1, 0.15) is 16.9 Å². The predicted molar refractivity (Wildman–Crippen MR) is 119 cm³/mol. The summed E-state index contributed by atoms with van der Waals surface area (Å²) in [4.78, 5) is 39.1. The van der Waals surface area contributed by atoms with Gasteiger partial charge in [0.25, 0.3) is 5.56 Å². The van der Waals surface area contributed by atoms with Crippen molar-refractivity contribution in [3.8, 4) is 5.69 Å². The molecule has 158 valence electrons. The number of halogens is 1. The molecule has 4 aromatic rings. The lowest BCUT2D eigenvalue weighted by Crippen LogP contribution is -2.41. The van der Waals surface area contributed by atoms with Crippen molar-refractivity contribution >= 4 is 28.4 Å². The van der Waals surface area contributed by atoms with Crippen molar-refractivity contribution in [3.05, 3.63) is 97.5 Å². The molecule has 2 aromatic heterocycles. The number of amides is 1. The van der Waals surface area contributed by atoms with E-state index >= 15 is 0 Å². The minimum absolute atomic E-state index is 0.199. The van der Waals surface area contributed by atoms with Crippen molar-refractivity contribution in [2.24, 2.45) is 0 Å². The van der Waals surface area contributed by atoms with E-state index in [4.69, 9.17) is 16.0 Å². The zero-order valence-electron chi connectivity index (χ0n) is 17.0. The molecule has 0 saturated carbocycles. The molecule has 2 heterocycles. The second-order valence-electron chi connectivity index (χ2n) is 7.32. The number of benzene rings is 2. The lowest BCUT2D eigenvalue weighted by Gasteiger charge is -2.15. The molecule has 0 unspecified atom stereocenters. The van der Waals surface area contributed by atoms with Crippen LogP contribution in [0, 0.1) is 13.8 Å². The summed E-state index contributed by atoms with van der Waals surface area (Å²) in [6.07, 6.45) is 1.52. The summed E-state index contributed by atoms with van der Waals surface area (Å²) in [7, 11) is 0. The Morgan fingerprint density at radius 3 is 2.61 bits per heavy atom. The van der Waals surface area contributed by atoms with Crippen LogP contribution in [0.25, 0.3) is 16.6 Å². The Labute approximate surface area is 182 Å². The summed E-state index contributed by atoms with van der Waals surface area (Å²) in [6, 6.07) is 13.6. The Kier molecular flexibility index (Phi) is 5.52. The normalized spacial score (nSPS) is 11.1. The molecule has 0 spiro atoms. The lowest BCUT2D eigenvalue weighted by atomic mass is 10.1. The van der Waals surface area contributed by atoms with E-state index < -0.39 is 11.2 Å². The second-order valence-corrected chi connectivity index (χ2v) is 7.73. The molecule has 2 aromatic carbocycles. The number of carbonyl (C=O) groups excluding carboxylic acids is 1. The van der Waals surface area contributed by atoms with Gasteiger partial charge in [-0.1, -0.05) is 29.3 Å². The molecule has 0 aliphatic rings. The molecule has 1 N–H and O–H groups in total. The molecule has 31 heavy (non-hydrogen) atoms. The summed E-state index contributed by atoms with van der Waals surface area (Å²) in [6.45, 7) is 3.64. The molecule has 0 saturated heterocycles. The highest BCUT2D eigenvalue weighted by Crippen LogP contribution is 2.19. The summed E-state index contributed by atoms with van der Waals surface area (Å²) >= 11 is 6.23. The van der Waals surface area contributed by atoms with Gasteiger partial charge >= 0.3 is 5.69 Å². The molecule has 0 aliphatic heterocycles. The number of nitrogens with zero attached hydrogens (tertiary/aromatic N) is 2. The Morgan fingerprint density at radius 1 is 1.10 bits per heavy atom. The monoisotopic (exact) mass is 437 g/mol. The topological polar surface area (TPSA) is 86.2 Å². The molecule has 0 fully saturated rings. The molecule has 4 rings (SSSR count). The maximum absolute atomic E-state index is 13.3. The van der Waals surface area contributed by atoms with E-state index in [1.54, 1.807) is 48.5 Å². The SMILES string of the molecule is Cc1ccc2c(c1)c(=O)n(-c1ccc(C)c(Cl)c1)c(=O)n2CC(=O)NCc1ccco1. The molecule has 0 radical (unpaired) electrons. The third-order valence-electron chi connectivity index (χ3n) is 5.05. The summed E-state index contributed by atoms with van der Waals surface area (Å²) in [5.41, 5.74) is 1.35. The number of hydrogen-bond donors (Lipinski definition) is 1. The molecular weight excluding hydrogens is 418 g/mol. The van der Waals surface area contributed by atoms with Crippen molar-refractivity contribution in [1.29, 1.82) is 0 Å². The maximum Gasteiger partial charge on any atom is 0.336 e. The van der Waals surface area contributed by atoms with Crippen molar-refractivity contribution in [3.63, 3.8) is 0 Å². The summed E-state index contributed by atoms with van der Waals surface area (Å²) in [5.74, 6) is 0.216. The van der Waals surface area contributed by atoms with Gasteiger partial charge in [0.05, 0.1) is 29.4 Å². The fourth-order valence-corrected chi connectivity index (χ4v) is 3.56. The molecule has 0 atom stereocenters. The lowest BCUT2D eigenvalue weighted by molar-refractivity contribution is -0.121. The summed E-state index contributed by atoms with van der Waals surface area (Å²) in [5, 5.41) is 3.51. The Bertz CT molecular complexity index is 1400. The number of carbonyl (C=O) groups is 1. The minimum atomic E-state index is -0.616. The van der Waals surface area contributed by atoms with Gasteiger partial charge in [-0.25, -0.2) is 9.36 Å². The van der Waals surface area contributed by atoms with Gasteiger partial charge in [0.2, 0.25) is 5.91 Å². The van der Waals surface area contributed by atoms with Crippen molar-refractivity contribution in [2.45, 2.75) is 26.9 Å². The van der Waals surface area contributed by atoms with E-state index in [9.17, 15) is 14.4 Å².